The Morgan fingerprint density at radius 1 is 1.00 bits per heavy atom. The molecule has 1 fully saturated rings. The molecule has 4 heteroatoms. The minimum Gasteiger partial charge on any atom is -0.337 e. The third-order valence-electron chi connectivity index (χ3n) is 5.17. The van der Waals surface area contributed by atoms with Crippen molar-refractivity contribution in [2.75, 3.05) is 26.2 Å². The normalized spacial score (nSPS) is 16.2. The van der Waals surface area contributed by atoms with Gasteiger partial charge in [-0.15, -0.1) is 0 Å². The lowest BCUT2D eigenvalue weighted by atomic mass is 9.86. The van der Waals surface area contributed by atoms with Crippen LogP contribution in [-0.4, -0.2) is 41.9 Å². The molecule has 3 nitrogen and oxygen atoms in total. The number of rotatable bonds is 3. The summed E-state index contributed by atoms with van der Waals surface area (Å²) in [6.07, 6.45) is 1.02. The van der Waals surface area contributed by atoms with Gasteiger partial charge in [0.2, 0.25) is 0 Å². The number of amides is 1. The fraction of sp³-hybridized carbons (Fsp3) is 0.435. The molecular weight excluding hydrogens is 447 g/mol. The van der Waals surface area contributed by atoms with Crippen molar-refractivity contribution in [3.63, 3.8) is 0 Å². The molecule has 0 radical (unpaired) electrons. The van der Waals surface area contributed by atoms with E-state index >= 15 is 0 Å². The quantitative estimate of drug-likeness (QED) is 0.587. The molecule has 1 aliphatic heterocycles. The number of carbonyl (C=O) groups excluding carboxylic acids is 1. The van der Waals surface area contributed by atoms with E-state index in [-0.39, 0.29) is 11.3 Å². The maximum atomic E-state index is 12.9. The molecule has 1 amide bonds. The lowest BCUT2D eigenvalue weighted by molar-refractivity contribution is 0.0761. The minimum absolute atomic E-state index is 0.111. The monoisotopic (exact) mass is 476 g/mol. The molecule has 0 aliphatic carbocycles. The van der Waals surface area contributed by atoms with Crippen LogP contribution in [0.4, 0.5) is 0 Å². The van der Waals surface area contributed by atoms with Crippen molar-refractivity contribution in [1.82, 2.24) is 9.80 Å². The first kappa shape index (κ1) is 20.3. The molecule has 0 unspecified atom stereocenters. The molecule has 0 bridgehead atoms. The molecule has 2 aromatic rings. The lowest BCUT2D eigenvalue weighted by Gasteiger charge is -2.23. The van der Waals surface area contributed by atoms with Gasteiger partial charge in [0.1, 0.15) is 0 Å². The highest BCUT2D eigenvalue weighted by Gasteiger charge is 2.21. The predicted molar refractivity (Wildman–Crippen MR) is 120 cm³/mol. The highest BCUT2D eigenvalue weighted by Crippen LogP contribution is 2.23. The lowest BCUT2D eigenvalue weighted by Crippen LogP contribution is -2.35. The van der Waals surface area contributed by atoms with Crippen molar-refractivity contribution >= 4 is 28.5 Å². The molecule has 1 saturated heterocycles. The molecule has 0 N–H and O–H groups in total. The number of nitrogens with zero attached hydrogens (tertiary/aromatic N) is 2. The van der Waals surface area contributed by atoms with Gasteiger partial charge in [0.25, 0.3) is 5.91 Å². The summed E-state index contributed by atoms with van der Waals surface area (Å²) in [6, 6.07) is 16.8. The molecule has 2 aromatic carbocycles. The smallest absolute Gasteiger partial charge is 0.253 e. The van der Waals surface area contributed by atoms with Crippen LogP contribution in [0.1, 0.15) is 48.7 Å². The van der Waals surface area contributed by atoms with Crippen molar-refractivity contribution in [2.45, 2.75) is 39.2 Å². The van der Waals surface area contributed by atoms with Crippen molar-refractivity contribution < 1.29 is 4.79 Å². The van der Waals surface area contributed by atoms with Crippen LogP contribution in [0.3, 0.4) is 0 Å². The van der Waals surface area contributed by atoms with Gasteiger partial charge in [-0.2, -0.15) is 0 Å². The van der Waals surface area contributed by atoms with Crippen LogP contribution in [0, 0.1) is 3.57 Å². The Balaban J connectivity index is 1.61. The maximum Gasteiger partial charge on any atom is 0.253 e. The zero-order chi connectivity index (χ0) is 19.4. The van der Waals surface area contributed by atoms with Crippen LogP contribution in [0.25, 0.3) is 0 Å². The van der Waals surface area contributed by atoms with Crippen LogP contribution in [0.15, 0.2) is 48.5 Å². The summed E-state index contributed by atoms with van der Waals surface area (Å²) >= 11 is 2.36. The Morgan fingerprint density at radius 2 is 1.74 bits per heavy atom. The van der Waals surface area contributed by atoms with E-state index in [1.807, 2.05) is 17.0 Å². The Bertz CT molecular complexity index is 780. The Hall–Kier alpha value is -1.40. The zero-order valence-corrected chi connectivity index (χ0v) is 18.7. The summed E-state index contributed by atoms with van der Waals surface area (Å²) in [7, 11) is 0. The molecule has 0 aromatic heterocycles. The summed E-state index contributed by atoms with van der Waals surface area (Å²) in [5, 5.41) is 0. The van der Waals surface area contributed by atoms with Crippen LogP contribution in [0.2, 0.25) is 0 Å². The molecular formula is C23H29IN2O. The van der Waals surface area contributed by atoms with E-state index in [4.69, 9.17) is 0 Å². The summed E-state index contributed by atoms with van der Waals surface area (Å²) in [4.78, 5) is 17.4. The highest BCUT2D eigenvalue weighted by atomic mass is 127. The Morgan fingerprint density at radius 3 is 2.41 bits per heavy atom. The molecule has 0 saturated carbocycles. The molecule has 3 rings (SSSR count). The van der Waals surface area contributed by atoms with Crippen molar-refractivity contribution in [3.05, 3.63) is 68.8 Å². The Labute approximate surface area is 176 Å². The molecule has 1 heterocycles. The van der Waals surface area contributed by atoms with Crippen LogP contribution in [0.5, 0.6) is 0 Å². The second-order valence-corrected chi connectivity index (χ2v) is 9.62. The predicted octanol–water partition coefficient (Wildman–Crippen LogP) is 4.94. The van der Waals surface area contributed by atoms with E-state index < -0.39 is 0 Å². The number of benzene rings is 2. The molecule has 0 spiro atoms. The first-order valence-electron chi connectivity index (χ1n) is 9.69. The van der Waals surface area contributed by atoms with Crippen LogP contribution in [-0.2, 0) is 12.0 Å². The van der Waals surface area contributed by atoms with Gasteiger partial charge in [-0.05, 0) is 69.8 Å². The second kappa shape index (κ2) is 8.74. The van der Waals surface area contributed by atoms with Crippen LogP contribution < -0.4 is 0 Å². The zero-order valence-electron chi connectivity index (χ0n) is 16.5. The first-order chi connectivity index (χ1) is 12.8. The van der Waals surface area contributed by atoms with Gasteiger partial charge < -0.3 is 4.90 Å². The third-order valence-corrected chi connectivity index (χ3v) is 5.84. The number of halogens is 1. The summed E-state index contributed by atoms with van der Waals surface area (Å²) in [5.41, 5.74) is 3.52. The first-order valence-corrected chi connectivity index (χ1v) is 10.8. The SMILES string of the molecule is CC(C)(C)c1ccc(C(=O)N2CCCN(Cc3cccc(I)c3)CC2)cc1. The summed E-state index contributed by atoms with van der Waals surface area (Å²) in [5.74, 6) is 0.159. The second-order valence-electron chi connectivity index (χ2n) is 8.38. The maximum absolute atomic E-state index is 12.9. The summed E-state index contributed by atoms with van der Waals surface area (Å²) in [6.45, 7) is 11.1. The average Bonchev–Trinajstić information content (AvgIpc) is 2.86. The number of hydrogen-bond donors (Lipinski definition) is 0. The number of hydrogen-bond acceptors (Lipinski definition) is 2. The molecule has 1 aliphatic rings. The van der Waals surface area contributed by atoms with Crippen LogP contribution >= 0.6 is 22.6 Å². The topological polar surface area (TPSA) is 23.6 Å². The van der Waals surface area contributed by atoms with E-state index in [0.717, 1.165) is 44.7 Å². The number of carbonyl (C=O) groups is 1. The van der Waals surface area contributed by atoms with E-state index in [0.29, 0.717) is 0 Å². The van der Waals surface area contributed by atoms with Crippen molar-refractivity contribution in [1.29, 1.82) is 0 Å². The minimum atomic E-state index is 0.111. The largest absolute Gasteiger partial charge is 0.337 e. The van der Waals surface area contributed by atoms with Gasteiger partial charge in [0.15, 0.2) is 0 Å². The van der Waals surface area contributed by atoms with Crippen molar-refractivity contribution in [3.8, 4) is 0 Å². The third kappa shape index (κ3) is 5.55. The molecule has 144 valence electrons. The van der Waals surface area contributed by atoms with Gasteiger partial charge in [-0.25, -0.2) is 0 Å². The van der Waals surface area contributed by atoms with Gasteiger partial charge in [-0.3, -0.25) is 9.69 Å². The fourth-order valence-corrected chi connectivity index (χ4v) is 4.13. The highest BCUT2D eigenvalue weighted by molar-refractivity contribution is 14.1. The Kier molecular flexibility index (Phi) is 6.58. The fourth-order valence-electron chi connectivity index (χ4n) is 3.52. The summed E-state index contributed by atoms with van der Waals surface area (Å²) < 4.78 is 1.27. The van der Waals surface area contributed by atoms with Crippen molar-refractivity contribution in [2.24, 2.45) is 0 Å². The van der Waals surface area contributed by atoms with E-state index in [1.165, 1.54) is 14.7 Å². The molecule has 0 atom stereocenters. The van der Waals surface area contributed by atoms with Gasteiger partial charge in [0, 0.05) is 41.9 Å². The van der Waals surface area contributed by atoms with E-state index in [1.54, 1.807) is 0 Å². The standard InChI is InChI=1S/C23H29IN2O/c1-23(2,3)20-10-8-19(9-11-20)22(27)26-13-5-12-25(14-15-26)17-18-6-4-7-21(24)16-18/h4,6-11,16H,5,12-15,17H2,1-3H3. The van der Waals surface area contributed by atoms with E-state index in [9.17, 15) is 4.79 Å². The van der Waals surface area contributed by atoms with Gasteiger partial charge in [0.05, 0.1) is 0 Å². The molecule has 27 heavy (non-hydrogen) atoms. The van der Waals surface area contributed by atoms with Gasteiger partial charge in [-0.1, -0.05) is 45.0 Å². The van der Waals surface area contributed by atoms with E-state index in [2.05, 4.69) is 84.7 Å². The average molecular weight is 476 g/mol. The van der Waals surface area contributed by atoms with Gasteiger partial charge >= 0.3 is 0 Å².